The number of nitrogens with zero attached hydrogens (tertiary/aromatic N) is 4. The number of amides is 1. The van der Waals surface area contributed by atoms with Crippen LogP contribution in [-0.2, 0) is 4.79 Å². The Morgan fingerprint density at radius 1 is 1.13 bits per heavy atom. The van der Waals surface area contributed by atoms with E-state index in [1.165, 1.54) is 0 Å². The molecule has 0 spiro atoms. The second-order valence-electron chi connectivity index (χ2n) is 7.27. The van der Waals surface area contributed by atoms with Crippen LogP contribution in [0.15, 0.2) is 65.9 Å². The molecule has 1 aliphatic rings. The molecular formula is C23H29N5O2. The summed E-state index contributed by atoms with van der Waals surface area (Å²) in [7, 11) is 0. The zero-order valence-electron chi connectivity index (χ0n) is 17.3. The molecule has 158 valence electrons. The number of pyridine rings is 1. The molecule has 2 heterocycles. The van der Waals surface area contributed by atoms with Gasteiger partial charge in [-0.05, 0) is 49.6 Å². The number of aryl methyl sites for hydroxylation is 1. The van der Waals surface area contributed by atoms with E-state index < -0.39 is 0 Å². The van der Waals surface area contributed by atoms with Crippen LogP contribution in [0.3, 0.4) is 0 Å². The van der Waals surface area contributed by atoms with Gasteiger partial charge in [0.25, 0.3) is 0 Å². The van der Waals surface area contributed by atoms with Gasteiger partial charge in [0.05, 0.1) is 0 Å². The van der Waals surface area contributed by atoms with Crippen LogP contribution in [0, 0.1) is 6.92 Å². The number of carbonyl (C=O) groups is 1. The van der Waals surface area contributed by atoms with Crippen molar-refractivity contribution in [2.24, 2.45) is 4.99 Å². The molecule has 0 radical (unpaired) electrons. The van der Waals surface area contributed by atoms with Crippen LogP contribution in [0.2, 0.25) is 0 Å². The predicted molar refractivity (Wildman–Crippen MR) is 119 cm³/mol. The normalized spacial score (nSPS) is 15.3. The molecule has 0 saturated carbocycles. The van der Waals surface area contributed by atoms with Crippen molar-refractivity contribution in [3.63, 3.8) is 0 Å². The Bertz CT molecular complexity index is 869. The first-order chi connectivity index (χ1) is 14.7. The van der Waals surface area contributed by atoms with Gasteiger partial charge in [0.1, 0.15) is 5.82 Å². The molecule has 0 bridgehead atoms. The van der Waals surface area contributed by atoms with Crippen LogP contribution in [-0.4, -0.2) is 40.0 Å². The Balaban J connectivity index is 1.70. The van der Waals surface area contributed by atoms with Crippen LogP contribution in [0.25, 0.3) is 0 Å². The number of benzene rings is 1. The largest absolute Gasteiger partial charge is 0.339 e. The van der Waals surface area contributed by atoms with Crippen LogP contribution in [0.5, 0.6) is 0 Å². The van der Waals surface area contributed by atoms with E-state index in [0.717, 1.165) is 49.3 Å². The Labute approximate surface area is 177 Å². The third-order valence-corrected chi connectivity index (χ3v) is 5.08. The fourth-order valence-corrected chi connectivity index (χ4v) is 3.53. The van der Waals surface area contributed by atoms with E-state index in [1.54, 1.807) is 11.7 Å². The van der Waals surface area contributed by atoms with E-state index in [-0.39, 0.29) is 12.2 Å². The van der Waals surface area contributed by atoms with Crippen molar-refractivity contribution in [3.05, 3.63) is 66.5 Å². The Morgan fingerprint density at radius 2 is 1.93 bits per heavy atom. The van der Waals surface area contributed by atoms with Crippen molar-refractivity contribution in [2.75, 3.05) is 11.4 Å². The van der Waals surface area contributed by atoms with E-state index in [4.69, 9.17) is 10.2 Å². The van der Waals surface area contributed by atoms with Gasteiger partial charge in [0.15, 0.2) is 0 Å². The molecule has 1 atom stereocenters. The highest BCUT2D eigenvalue weighted by atomic mass is 16.5. The average Bonchev–Trinajstić information content (AvgIpc) is 2.79. The third kappa shape index (κ3) is 5.67. The molecule has 0 aliphatic carbocycles. The molecule has 0 saturated heterocycles. The zero-order valence-corrected chi connectivity index (χ0v) is 17.3. The Morgan fingerprint density at radius 3 is 2.70 bits per heavy atom. The second kappa shape index (κ2) is 11.1. The minimum atomic E-state index is -0.326. The van der Waals surface area contributed by atoms with Gasteiger partial charge in [-0.2, -0.15) is 0 Å². The number of para-hydroxylation sites is 1. The number of hydroxylamine groups is 1. The van der Waals surface area contributed by atoms with E-state index in [0.29, 0.717) is 6.42 Å². The molecule has 0 fully saturated rings. The van der Waals surface area contributed by atoms with Gasteiger partial charge in [0, 0.05) is 37.3 Å². The fraction of sp³-hybridized carbons (Fsp3) is 0.348. The molecule has 7 heteroatoms. The minimum Gasteiger partial charge on any atom is -0.339 e. The van der Waals surface area contributed by atoms with Crippen molar-refractivity contribution < 1.29 is 10.0 Å². The van der Waals surface area contributed by atoms with Gasteiger partial charge < -0.3 is 4.90 Å². The Hall–Kier alpha value is -3.19. The standard InChI is InChI=1S/C23H29N5O2/c1-19-11-5-6-12-20(19)28(21-13-7-8-15-24-21)23-25-16-10-18-27(23)17-9-3-2-4-14-22(29)26-30/h5-8,10-13,15-16,18,23,30H,2-4,9,14,17H2,1H3,(H,26,29). The maximum absolute atomic E-state index is 11.1. The lowest BCUT2D eigenvalue weighted by Gasteiger charge is -2.39. The monoisotopic (exact) mass is 407 g/mol. The number of hydrogen-bond donors (Lipinski definition) is 2. The fourth-order valence-electron chi connectivity index (χ4n) is 3.53. The Kier molecular flexibility index (Phi) is 7.97. The third-order valence-electron chi connectivity index (χ3n) is 5.08. The number of anilines is 2. The molecule has 1 amide bonds. The number of unbranched alkanes of at least 4 members (excludes halogenated alkanes) is 3. The summed E-state index contributed by atoms with van der Waals surface area (Å²) in [5.41, 5.74) is 3.92. The van der Waals surface area contributed by atoms with Gasteiger partial charge in [-0.1, -0.05) is 37.1 Å². The lowest BCUT2D eigenvalue weighted by atomic mass is 10.1. The van der Waals surface area contributed by atoms with Crippen molar-refractivity contribution in [1.82, 2.24) is 15.4 Å². The first-order valence-electron chi connectivity index (χ1n) is 10.4. The summed E-state index contributed by atoms with van der Waals surface area (Å²) in [5, 5.41) is 8.56. The maximum Gasteiger partial charge on any atom is 0.243 e. The van der Waals surface area contributed by atoms with Crippen LogP contribution < -0.4 is 10.4 Å². The summed E-state index contributed by atoms with van der Waals surface area (Å²) >= 11 is 0. The molecule has 30 heavy (non-hydrogen) atoms. The number of rotatable bonds is 10. The number of aromatic nitrogens is 1. The van der Waals surface area contributed by atoms with E-state index in [9.17, 15) is 4.79 Å². The van der Waals surface area contributed by atoms with Crippen LogP contribution in [0.4, 0.5) is 11.5 Å². The molecule has 2 aromatic rings. The van der Waals surface area contributed by atoms with Crippen molar-refractivity contribution in [1.29, 1.82) is 0 Å². The molecule has 7 nitrogen and oxygen atoms in total. The lowest BCUT2D eigenvalue weighted by molar-refractivity contribution is -0.129. The van der Waals surface area contributed by atoms with Gasteiger partial charge >= 0.3 is 0 Å². The number of hydrogen-bond acceptors (Lipinski definition) is 6. The van der Waals surface area contributed by atoms with Crippen molar-refractivity contribution >= 4 is 23.6 Å². The van der Waals surface area contributed by atoms with Crippen LogP contribution >= 0.6 is 0 Å². The molecule has 1 aliphatic heterocycles. The van der Waals surface area contributed by atoms with E-state index in [1.807, 2.05) is 42.6 Å². The number of aliphatic imine (C=N–C) groups is 1. The first-order valence-corrected chi connectivity index (χ1v) is 10.4. The topological polar surface area (TPSA) is 81.1 Å². The van der Waals surface area contributed by atoms with Crippen molar-refractivity contribution in [2.45, 2.75) is 45.3 Å². The highest BCUT2D eigenvalue weighted by Crippen LogP contribution is 2.31. The smallest absolute Gasteiger partial charge is 0.243 e. The molecular weight excluding hydrogens is 378 g/mol. The highest BCUT2D eigenvalue weighted by Gasteiger charge is 2.27. The zero-order chi connectivity index (χ0) is 21.2. The summed E-state index contributed by atoms with van der Waals surface area (Å²) in [5.74, 6) is 0.525. The van der Waals surface area contributed by atoms with Gasteiger partial charge in [-0.25, -0.2) is 15.5 Å². The minimum absolute atomic E-state index is 0.217. The van der Waals surface area contributed by atoms with Gasteiger partial charge in [0.2, 0.25) is 12.2 Å². The van der Waals surface area contributed by atoms with Crippen molar-refractivity contribution in [3.8, 4) is 0 Å². The quantitative estimate of drug-likeness (QED) is 0.351. The number of carbonyl (C=O) groups excluding carboxylic acids is 1. The van der Waals surface area contributed by atoms with Crippen LogP contribution in [0.1, 0.15) is 37.7 Å². The average molecular weight is 408 g/mol. The van der Waals surface area contributed by atoms with E-state index in [2.05, 4.69) is 40.0 Å². The summed E-state index contributed by atoms with van der Waals surface area (Å²) < 4.78 is 0. The maximum atomic E-state index is 11.1. The summed E-state index contributed by atoms with van der Waals surface area (Å²) in [6.45, 7) is 2.94. The molecule has 1 aromatic carbocycles. The number of nitrogens with one attached hydrogen (secondary N) is 1. The predicted octanol–water partition coefficient (Wildman–Crippen LogP) is 4.17. The molecule has 1 aromatic heterocycles. The number of allylic oxidation sites excluding steroid dienone is 1. The van der Waals surface area contributed by atoms with Gasteiger partial charge in [-0.3, -0.25) is 14.9 Å². The molecule has 2 N–H and O–H groups in total. The first kappa shape index (κ1) is 21.5. The molecule has 1 unspecified atom stereocenters. The summed E-state index contributed by atoms with van der Waals surface area (Å²) in [6, 6.07) is 14.2. The summed E-state index contributed by atoms with van der Waals surface area (Å²) in [6.07, 6.45) is 11.5. The lowest BCUT2D eigenvalue weighted by Crippen LogP contribution is -2.44. The second-order valence-corrected chi connectivity index (χ2v) is 7.27. The van der Waals surface area contributed by atoms with E-state index >= 15 is 0 Å². The van der Waals surface area contributed by atoms with Gasteiger partial charge in [-0.15, -0.1) is 0 Å². The SMILES string of the molecule is Cc1ccccc1N(c1ccccn1)C1N=CC=CN1CCCCCCC(=O)NO. The summed E-state index contributed by atoms with van der Waals surface area (Å²) in [4.78, 5) is 24.9. The molecule has 3 rings (SSSR count). The highest BCUT2D eigenvalue weighted by molar-refractivity contribution is 5.74.